The zero-order valence-electron chi connectivity index (χ0n) is 7.47. The number of nitrogens with one attached hydrogen (secondary N) is 1. The van der Waals surface area contributed by atoms with Crippen LogP contribution in [-0.2, 0) is 0 Å². The third-order valence-electron chi connectivity index (χ3n) is 2.27. The fraction of sp³-hybridized carbons (Fsp3) is 0.333. The van der Waals surface area contributed by atoms with Crippen molar-refractivity contribution in [1.82, 2.24) is 0 Å². The van der Waals surface area contributed by atoms with Gasteiger partial charge in [-0.2, -0.15) is 13.2 Å². The van der Waals surface area contributed by atoms with E-state index in [1.54, 1.807) is 24.3 Å². The minimum Gasteiger partial charge on any atom is -0.356 e. The number of hydrogen-bond donors (Lipinski definition) is 1. The molecule has 0 spiro atoms. The summed E-state index contributed by atoms with van der Waals surface area (Å²) in [6.45, 7) is 0. The van der Waals surface area contributed by atoms with E-state index in [-0.39, 0.29) is 0 Å². The summed E-state index contributed by atoms with van der Waals surface area (Å²) in [4.78, 5) is 1.19. The molecule has 1 unspecified atom stereocenters. The maximum absolute atomic E-state index is 12.5. The Balaban J connectivity index is 2.35. The number of fused-ring (bicyclic) bond motifs is 1. The molecule has 1 atom stereocenters. The molecule has 0 aromatic heterocycles. The average molecular weight is 202 g/mol. The van der Waals surface area contributed by atoms with E-state index in [9.17, 15) is 13.2 Å². The molecule has 1 N–H and O–H groups in total. The van der Waals surface area contributed by atoms with Gasteiger partial charge in [-0.15, -0.1) is 0 Å². The SMILES string of the molecule is CN1c2ccccc2NC1C(F)(F)F. The minimum absolute atomic E-state index is 0.525. The van der Waals surface area contributed by atoms with Crippen LogP contribution in [0.2, 0.25) is 0 Å². The van der Waals surface area contributed by atoms with Gasteiger partial charge in [0.05, 0.1) is 11.4 Å². The van der Waals surface area contributed by atoms with Crippen LogP contribution in [0.25, 0.3) is 0 Å². The predicted molar refractivity (Wildman–Crippen MR) is 48.3 cm³/mol. The molecule has 1 aliphatic rings. The van der Waals surface area contributed by atoms with E-state index >= 15 is 0 Å². The van der Waals surface area contributed by atoms with Crippen LogP contribution in [0.15, 0.2) is 24.3 Å². The monoisotopic (exact) mass is 202 g/mol. The van der Waals surface area contributed by atoms with E-state index in [0.717, 1.165) is 0 Å². The molecule has 14 heavy (non-hydrogen) atoms. The molecule has 1 heterocycles. The van der Waals surface area contributed by atoms with Crippen molar-refractivity contribution in [2.24, 2.45) is 0 Å². The number of anilines is 2. The van der Waals surface area contributed by atoms with Gasteiger partial charge in [-0.05, 0) is 12.1 Å². The molecule has 0 saturated carbocycles. The van der Waals surface area contributed by atoms with Gasteiger partial charge in [0.15, 0.2) is 6.17 Å². The number of para-hydroxylation sites is 2. The van der Waals surface area contributed by atoms with E-state index < -0.39 is 12.3 Å². The van der Waals surface area contributed by atoms with Gasteiger partial charge in [-0.25, -0.2) is 0 Å². The summed E-state index contributed by atoms with van der Waals surface area (Å²) in [6.07, 6.45) is -5.87. The molecule has 1 aromatic carbocycles. The Morgan fingerprint density at radius 1 is 1.29 bits per heavy atom. The van der Waals surface area contributed by atoms with Crippen LogP contribution in [-0.4, -0.2) is 19.4 Å². The fourth-order valence-electron chi connectivity index (χ4n) is 1.59. The molecule has 0 fully saturated rings. The van der Waals surface area contributed by atoms with Gasteiger partial charge in [-0.1, -0.05) is 12.1 Å². The first-order valence-electron chi connectivity index (χ1n) is 4.15. The summed E-state index contributed by atoms with van der Waals surface area (Å²) in [5.41, 5.74) is 1.10. The molecule has 2 rings (SSSR count). The topological polar surface area (TPSA) is 15.3 Å². The zero-order valence-corrected chi connectivity index (χ0v) is 7.47. The first-order valence-corrected chi connectivity index (χ1v) is 4.15. The Hall–Kier alpha value is -1.39. The van der Waals surface area contributed by atoms with Gasteiger partial charge in [0.2, 0.25) is 0 Å². The molecule has 76 valence electrons. The summed E-state index contributed by atoms with van der Waals surface area (Å²) in [7, 11) is 1.43. The van der Waals surface area contributed by atoms with Gasteiger partial charge < -0.3 is 10.2 Å². The van der Waals surface area contributed by atoms with Crippen molar-refractivity contribution in [1.29, 1.82) is 0 Å². The number of alkyl halides is 3. The third kappa shape index (κ3) is 1.29. The normalized spacial score (nSPS) is 20.6. The maximum Gasteiger partial charge on any atom is 0.427 e. The Kier molecular flexibility index (Phi) is 1.83. The number of nitrogens with zero attached hydrogens (tertiary/aromatic N) is 1. The van der Waals surface area contributed by atoms with E-state index in [2.05, 4.69) is 5.32 Å². The van der Waals surface area contributed by atoms with Crippen LogP contribution in [0.1, 0.15) is 0 Å². The van der Waals surface area contributed by atoms with E-state index in [0.29, 0.717) is 11.4 Å². The summed E-state index contributed by atoms with van der Waals surface area (Å²) in [6, 6.07) is 6.72. The van der Waals surface area contributed by atoms with Crippen LogP contribution in [0, 0.1) is 0 Å². The lowest BCUT2D eigenvalue weighted by atomic mass is 10.3. The molecular formula is C9H9F3N2. The highest BCUT2D eigenvalue weighted by atomic mass is 19.4. The smallest absolute Gasteiger partial charge is 0.356 e. The van der Waals surface area contributed by atoms with E-state index in [1.807, 2.05) is 0 Å². The maximum atomic E-state index is 12.5. The summed E-state index contributed by atoms with van der Waals surface area (Å²) in [5, 5.41) is 2.43. The van der Waals surface area contributed by atoms with E-state index in [1.165, 1.54) is 11.9 Å². The molecular weight excluding hydrogens is 193 g/mol. The van der Waals surface area contributed by atoms with Gasteiger partial charge >= 0.3 is 6.18 Å². The highest BCUT2D eigenvalue weighted by Gasteiger charge is 2.46. The van der Waals surface area contributed by atoms with Crippen molar-refractivity contribution in [2.75, 3.05) is 17.3 Å². The Morgan fingerprint density at radius 2 is 1.93 bits per heavy atom. The van der Waals surface area contributed by atoms with Gasteiger partial charge in [-0.3, -0.25) is 0 Å². The number of hydrogen-bond acceptors (Lipinski definition) is 2. The lowest BCUT2D eigenvalue weighted by Crippen LogP contribution is -2.45. The van der Waals surface area contributed by atoms with Gasteiger partial charge in [0.1, 0.15) is 0 Å². The standard InChI is InChI=1S/C9H9F3N2/c1-14-7-5-3-2-4-6(7)13-8(14)9(10,11)12/h2-5,8,13H,1H3. The van der Waals surface area contributed by atoms with Crippen LogP contribution in [0.4, 0.5) is 24.5 Å². The molecule has 0 amide bonds. The van der Waals surface area contributed by atoms with Crippen LogP contribution < -0.4 is 10.2 Å². The van der Waals surface area contributed by atoms with Crippen molar-refractivity contribution in [3.63, 3.8) is 0 Å². The lowest BCUT2D eigenvalue weighted by Gasteiger charge is -2.24. The number of halogens is 3. The first-order chi connectivity index (χ1) is 6.50. The Morgan fingerprint density at radius 3 is 2.50 bits per heavy atom. The molecule has 0 radical (unpaired) electrons. The van der Waals surface area contributed by atoms with Crippen molar-refractivity contribution in [3.05, 3.63) is 24.3 Å². The lowest BCUT2D eigenvalue weighted by molar-refractivity contribution is -0.140. The molecule has 0 aliphatic carbocycles. The highest BCUT2D eigenvalue weighted by molar-refractivity contribution is 5.75. The second-order valence-corrected chi connectivity index (χ2v) is 3.22. The average Bonchev–Trinajstić information content (AvgIpc) is 2.44. The molecule has 5 heteroatoms. The van der Waals surface area contributed by atoms with Crippen LogP contribution >= 0.6 is 0 Å². The summed E-state index contributed by atoms with van der Waals surface area (Å²) < 4.78 is 37.4. The van der Waals surface area contributed by atoms with Crippen molar-refractivity contribution < 1.29 is 13.2 Å². The molecule has 0 saturated heterocycles. The predicted octanol–water partition coefficient (Wildman–Crippen LogP) is 2.44. The minimum atomic E-state index is -4.26. The van der Waals surface area contributed by atoms with Gasteiger partial charge in [0, 0.05) is 7.05 Å². The molecule has 1 aliphatic heterocycles. The quantitative estimate of drug-likeness (QED) is 0.695. The largest absolute Gasteiger partial charge is 0.427 e. The van der Waals surface area contributed by atoms with Crippen LogP contribution in [0.5, 0.6) is 0 Å². The Labute approximate surface area is 79.3 Å². The second kappa shape index (κ2) is 2.80. The zero-order chi connectivity index (χ0) is 10.3. The third-order valence-corrected chi connectivity index (χ3v) is 2.27. The van der Waals surface area contributed by atoms with Gasteiger partial charge in [0.25, 0.3) is 0 Å². The van der Waals surface area contributed by atoms with Crippen molar-refractivity contribution in [3.8, 4) is 0 Å². The van der Waals surface area contributed by atoms with Crippen LogP contribution in [0.3, 0.4) is 0 Å². The highest BCUT2D eigenvalue weighted by Crippen LogP contribution is 2.38. The first kappa shape index (κ1) is 9.18. The summed E-state index contributed by atoms with van der Waals surface area (Å²) >= 11 is 0. The number of benzene rings is 1. The number of rotatable bonds is 0. The van der Waals surface area contributed by atoms with E-state index in [4.69, 9.17) is 0 Å². The molecule has 2 nitrogen and oxygen atoms in total. The summed E-state index contributed by atoms with van der Waals surface area (Å²) in [5.74, 6) is 0. The molecule has 1 aromatic rings. The fourth-order valence-corrected chi connectivity index (χ4v) is 1.59. The van der Waals surface area contributed by atoms with Crippen molar-refractivity contribution in [2.45, 2.75) is 12.3 Å². The Bertz CT molecular complexity index is 348. The second-order valence-electron chi connectivity index (χ2n) is 3.22. The molecule has 0 bridgehead atoms. The van der Waals surface area contributed by atoms with Crippen molar-refractivity contribution >= 4 is 11.4 Å².